The summed E-state index contributed by atoms with van der Waals surface area (Å²) in [5.41, 5.74) is 11.5. The molecule has 9 rings (SSSR count). The van der Waals surface area contributed by atoms with Gasteiger partial charge in [0.05, 0.1) is 18.2 Å². The number of likely N-dealkylation sites (N-methyl/N-ethyl adjacent to an activating group) is 1. The van der Waals surface area contributed by atoms with Crippen LogP contribution in [-0.2, 0) is 22.6 Å². The van der Waals surface area contributed by atoms with E-state index in [4.69, 9.17) is 15.2 Å². The fourth-order valence-electron chi connectivity index (χ4n) is 9.22. The lowest BCUT2D eigenvalue weighted by Crippen LogP contribution is -2.49. The molecule has 1 unspecified atom stereocenters. The maximum Gasteiger partial charge on any atom is 0.320 e. The zero-order chi connectivity index (χ0) is 38.5. The number of hydrogen-bond acceptors (Lipinski definition) is 12. The van der Waals surface area contributed by atoms with Gasteiger partial charge in [0, 0.05) is 94.2 Å². The number of urea groups is 1. The van der Waals surface area contributed by atoms with E-state index in [2.05, 4.69) is 53.7 Å². The summed E-state index contributed by atoms with van der Waals surface area (Å²) >= 11 is 0. The average molecular weight is 762 g/mol. The standard InChI is InChI=1S/C40H47N11O5/c1-47-19-20-51(40(47)55)28-3-2-15-50(23-28)32-21-42-35(37(41)53)38(44-32)43-25-5-7-26(8-6-25)48-16-12-27(13-17-48)49-18-14-29-24(22-49)4-9-30-34(46-56-36(29)30)31-10-11-33(52)45-39(31)54/h4-9,21,27-28,31H,2-3,10-20,22-23H2,1H3,(H2,41,53)(H,43,44)(H,45,52,54)/t28-,31?/m1/s1. The van der Waals surface area contributed by atoms with Crippen molar-refractivity contribution in [1.29, 1.82) is 0 Å². The highest BCUT2D eigenvalue weighted by molar-refractivity contribution is 6.02. The second kappa shape index (κ2) is 14.7. The van der Waals surface area contributed by atoms with Crippen LogP contribution in [0.1, 0.15) is 71.8 Å². The van der Waals surface area contributed by atoms with Crippen molar-refractivity contribution < 1.29 is 23.7 Å². The van der Waals surface area contributed by atoms with E-state index in [1.807, 2.05) is 30.1 Å². The molecule has 4 saturated heterocycles. The van der Waals surface area contributed by atoms with Crippen LogP contribution in [0.5, 0.6) is 0 Å². The van der Waals surface area contributed by atoms with Crippen molar-refractivity contribution in [3.63, 3.8) is 0 Å². The molecule has 2 atom stereocenters. The molecule has 4 N–H and O–H groups in total. The number of fused-ring (bicyclic) bond motifs is 3. The number of nitrogens with zero attached hydrogens (tertiary/aromatic N) is 8. The van der Waals surface area contributed by atoms with Crippen molar-refractivity contribution >= 4 is 57.7 Å². The second-order valence-corrected chi connectivity index (χ2v) is 15.7. The molecule has 5 aliphatic rings. The van der Waals surface area contributed by atoms with Crippen LogP contribution >= 0.6 is 0 Å². The Morgan fingerprint density at radius 2 is 1.73 bits per heavy atom. The molecule has 0 bridgehead atoms. The van der Waals surface area contributed by atoms with E-state index in [1.165, 1.54) is 11.1 Å². The lowest BCUT2D eigenvalue weighted by atomic mass is 9.90. The third-order valence-electron chi connectivity index (χ3n) is 12.3. The van der Waals surface area contributed by atoms with E-state index in [0.29, 0.717) is 42.8 Å². The van der Waals surface area contributed by atoms with Gasteiger partial charge < -0.3 is 35.2 Å². The monoisotopic (exact) mass is 761 g/mol. The fraction of sp³-hybridized carbons (Fsp3) is 0.475. The molecule has 2 aromatic heterocycles. The predicted molar refractivity (Wildman–Crippen MR) is 209 cm³/mol. The molecular formula is C40H47N11O5. The van der Waals surface area contributed by atoms with Crippen molar-refractivity contribution in [2.75, 3.05) is 68.0 Å². The largest absolute Gasteiger partial charge is 0.371 e. The highest BCUT2D eigenvalue weighted by Crippen LogP contribution is 2.36. The van der Waals surface area contributed by atoms with Crippen molar-refractivity contribution in [2.24, 2.45) is 5.73 Å². The van der Waals surface area contributed by atoms with Crippen LogP contribution in [0.3, 0.4) is 0 Å². The topological polar surface area (TPSA) is 186 Å². The van der Waals surface area contributed by atoms with Crippen molar-refractivity contribution in [3.05, 3.63) is 65.1 Å². The van der Waals surface area contributed by atoms with Crippen LogP contribution in [0.15, 0.2) is 47.1 Å². The zero-order valence-electron chi connectivity index (χ0n) is 31.6. The zero-order valence-corrected chi connectivity index (χ0v) is 31.6. The van der Waals surface area contributed by atoms with Gasteiger partial charge in [0.15, 0.2) is 17.1 Å². The van der Waals surface area contributed by atoms with Crippen LogP contribution in [0.4, 0.5) is 27.8 Å². The van der Waals surface area contributed by atoms with E-state index in [1.54, 1.807) is 11.1 Å². The van der Waals surface area contributed by atoms with Gasteiger partial charge in [-0.15, -0.1) is 0 Å². The number of rotatable bonds is 8. The Morgan fingerprint density at radius 3 is 2.48 bits per heavy atom. The quantitative estimate of drug-likeness (QED) is 0.223. The number of amides is 5. The fourth-order valence-corrected chi connectivity index (χ4v) is 9.22. The van der Waals surface area contributed by atoms with E-state index in [-0.39, 0.29) is 29.6 Å². The molecule has 4 aromatic rings. The first-order chi connectivity index (χ1) is 27.2. The number of piperidine rings is 3. The molecule has 0 spiro atoms. The summed E-state index contributed by atoms with van der Waals surface area (Å²) in [5.74, 6) is -0.716. The molecule has 56 heavy (non-hydrogen) atoms. The van der Waals surface area contributed by atoms with E-state index in [9.17, 15) is 19.2 Å². The average Bonchev–Trinajstić information content (AvgIpc) is 3.80. The van der Waals surface area contributed by atoms with Gasteiger partial charge in [-0.05, 0) is 74.4 Å². The first-order valence-corrected chi connectivity index (χ1v) is 19.7. The molecule has 5 amide bonds. The van der Waals surface area contributed by atoms with Gasteiger partial charge >= 0.3 is 6.03 Å². The Kier molecular flexibility index (Phi) is 9.43. The SMILES string of the molecule is CN1CCN([C@@H]2CCCN(c3cnc(C(N)=O)c(Nc4ccc(N5CCC(N6CCc7c(ccc8c(C9CCC(=O)NC9=O)noc78)C6)CC5)cc4)n3)C2)C1=O. The minimum Gasteiger partial charge on any atom is -0.371 e. The summed E-state index contributed by atoms with van der Waals surface area (Å²) in [4.78, 5) is 69.3. The second-order valence-electron chi connectivity index (χ2n) is 15.7. The highest BCUT2D eigenvalue weighted by atomic mass is 16.5. The van der Waals surface area contributed by atoms with Gasteiger partial charge in [0.25, 0.3) is 5.91 Å². The van der Waals surface area contributed by atoms with E-state index >= 15 is 0 Å². The molecule has 4 fully saturated rings. The molecule has 5 aliphatic heterocycles. The summed E-state index contributed by atoms with van der Waals surface area (Å²) < 4.78 is 5.85. The van der Waals surface area contributed by atoms with Crippen molar-refractivity contribution in [1.82, 2.24) is 35.1 Å². The first kappa shape index (κ1) is 35.9. The van der Waals surface area contributed by atoms with Gasteiger partial charge in [0.1, 0.15) is 11.5 Å². The number of carbonyl (C=O) groups excluding carboxylic acids is 4. The molecular weight excluding hydrogens is 715 g/mol. The highest BCUT2D eigenvalue weighted by Gasteiger charge is 2.36. The number of hydrogen-bond donors (Lipinski definition) is 3. The summed E-state index contributed by atoms with van der Waals surface area (Å²) in [6.45, 7) is 6.54. The molecule has 292 valence electrons. The Bertz CT molecular complexity index is 2180. The van der Waals surface area contributed by atoms with Crippen LogP contribution in [-0.4, -0.2) is 119 Å². The van der Waals surface area contributed by atoms with E-state index in [0.717, 1.165) is 100 Å². The number of anilines is 4. The lowest BCUT2D eigenvalue weighted by Gasteiger charge is -2.41. The summed E-state index contributed by atoms with van der Waals surface area (Å²) in [6.07, 6.45) is 7.16. The van der Waals surface area contributed by atoms with E-state index < -0.39 is 11.8 Å². The normalized spacial score (nSPS) is 22.5. The van der Waals surface area contributed by atoms with Gasteiger partial charge in [0.2, 0.25) is 11.8 Å². The number of benzene rings is 2. The Labute approximate surface area is 324 Å². The maximum absolute atomic E-state index is 12.7. The van der Waals surface area contributed by atoms with Gasteiger partial charge in [-0.25, -0.2) is 14.8 Å². The summed E-state index contributed by atoms with van der Waals surface area (Å²) in [5, 5.41) is 10.9. The van der Waals surface area contributed by atoms with Crippen LogP contribution < -0.4 is 26.2 Å². The smallest absolute Gasteiger partial charge is 0.320 e. The molecule has 0 aliphatic carbocycles. The number of carbonyl (C=O) groups is 4. The van der Waals surface area contributed by atoms with Gasteiger partial charge in [-0.3, -0.25) is 24.6 Å². The minimum atomic E-state index is -0.657. The van der Waals surface area contributed by atoms with Gasteiger partial charge in [-0.1, -0.05) is 11.2 Å². The maximum atomic E-state index is 12.7. The molecule has 7 heterocycles. The molecule has 0 radical (unpaired) electrons. The predicted octanol–water partition coefficient (Wildman–Crippen LogP) is 3.34. The molecule has 0 saturated carbocycles. The number of nitrogens with one attached hydrogen (secondary N) is 2. The molecule has 16 heteroatoms. The van der Waals surface area contributed by atoms with Crippen LogP contribution in [0.2, 0.25) is 0 Å². The summed E-state index contributed by atoms with van der Waals surface area (Å²) in [7, 11) is 1.84. The van der Waals surface area contributed by atoms with Crippen LogP contribution in [0, 0.1) is 0 Å². The Balaban J connectivity index is 0.817. The Hall–Kier alpha value is -5.77. The number of nitrogens with two attached hydrogens (primary N) is 1. The number of primary amides is 1. The first-order valence-electron chi connectivity index (χ1n) is 19.7. The van der Waals surface area contributed by atoms with Gasteiger partial charge in [-0.2, -0.15) is 0 Å². The number of aromatic nitrogens is 3. The summed E-state index contributed by atoms with van der Waals surface area (Å²) in [6, 6.07) is 13.0. The number of imide groups is 1. The minimum absolute atomic E-state index is 0.0654. The lowest BCUT2D eigenvalue weighted by molar-refractivity contribution is -0.134. The van der Waals surface area contributed by atoms with Crippen LogP contribution in [0.25, 0.3) is 11.0 Å². The molecule has 2 aromatic carbocycles. The third kappa shape index (κ3) is 6.75. The Morgan fingerprint density at radius 1 is 0.911 bits per heavy atom. The molecule has 16 nitrogen and oxygen atoms in total. The van der Waals surface area contributed by atoms with Crippen molar-refractivity contribution in [3.8, 4) is 0 Å². The van der Waals surface area contributed by atoms with Crippen molar-refractivity contribution in [2.45, 2.75) is 69.5 Å². The third-order valence-corrected chi connectivity index (χ3v) is 12.3.